The van der Waals surface area contributed by atoms with Gasteiger partial charge < -0.3 is 64.8 Å². The predicted octanol–water partition coefficient (Wildman–Crippen LogP) is 6.90. The second-order valence-electron chi connectivity index (χ2n) is 33.5. The van der Waals surface area contributed by atoms with Crippen molar-refractivity contribution in [2.24, 2.45) is 40.9 Å². The molecule has 4 saturated carbocycles. The number of nitrogens with zero attached hydrogens (tertiary/aromatic N) is 9. The monoisotopic (exact) mass is 1540 g/mol. The number of rotatable bonds is 10. The third-order valence-corrected chi connectivity index (χ3v) is 25.1. The number of hydrogen-bond acceptors (Lipinski definition) is 13. The van der Waals surface area contributed by atoms with Crippen LogP contribution >= 0.6 is 0 Å². The minimum Gasteiger partial charge on any atom is -0.377 e. The molecule has 30 heteroatoms. The number of likely N-dealkylation sites (N-methyl/N-ethyl adjacent to an activating group) is 7. The Morgan fingerprint density at radius 3 is 1.89 bits per heavy atom. The Morgan fingerprint density at radius 2 is 1.28 bits per heavy atom. The van der Waals surface area contributed by atoms with E-state index in [0.29, 0.717) is 70.6 Å². The quantitative estimate of drug-likeness (QED) is 0.148. The number of alkyl halides is 5. The zero-order chi connectivity index (χ0) is 80.3. The van der Waals surface area contributed by atoms with Gasteiger partial charge in [-0.05, 0) is 164 Å². The molecule has 11 aliphatic rings. The van der Waals surface area contributed by atoms with Gasteiger partial charge in [0.1, 0.15) is 72.1 Å². The van der Waals surface area contributed by atoms with Gasteiger partial charge in [0.25, 0.3) is 0 Å². The highest BCUT2D eigenvalue weighted by molar-refractivity contribution is 6.01. The van der Waals surface area contributed by atoms with Crippen LogP contribution in [0.2, 0.25) is 0 Å². The van der Waals surface area contributed by atoms with Crippen LogP contribution in [0.4, 0.5) is 22.0 Å². The summed E-state index contributed by atoms with van der Waals surface area (Å²) < 4.78 is 79.3. The Labute approximate surface area is 640 Å². The van der Waals surface area contributed by atoms with E-state index in [1.165, 1.54) is 88.5 Å². The predicted molar refractivity (Wildman–Crippen MR) is 397 cm³/mol. The molecule has 6 bridgehead atoms. The molecule has 12 amide bonds. The van der Waals surface area contributed by atoms with Crippen molar-refractivity contribution in [3.63, 3.8) is 0 Å². The van der Waals surface area contributed by atoms with Gasteiger partial charge in [-0.25, -0.2) is 8.78 Å². The summed E-state index contributed by atoms with van der Waals surface area (Å²) in [5.74, 6) is -13.3. The van der Waals surface area contributed by atoms with E-state index in [1.54, 1.807) is 26.8 Å². The Hall–Kier alpha value is -7.27. The average molecular weight is 1540 g/mol. The van der Waals surface area contributed by atoms with E-state index in [0.717, 1.165) is 17.7 Å². The number of hydrogen-bond donors (Lipinski definition) is 3. The zero-order valence-corrected chi connectivity index (χ0v) is 66.6. The van der Waals surface area contributed by atoms with Crippen LogP contribution in [0.3, 0.4) is 0 Å². The highest BCUT2D eigenvalue weighted by Crippen LogP contribution is 2.50. The van der Waals surface area contributed by atoms with Gasteiger partial charge in [0.05, 0.1) is 25.6 Å². The van der Waals surface area contributed by atoms with E-state index in [9.17, 15) is 32.3 Å². The third kappa shape index (κ3) is 21.1. The topological polar surface area (TPSA) is 279 Å². The van der Waals surface area contributed by atoms with Gasteiger partial charge in [0.2, 0.25) is 70.9 Å². The number of amides is 12. The van der Waals surface area contributed by atoms with Gasteiger partial charge in [-0.1, -0.05) is 77.7 Å². The van der Waals surface area contributed by atoms with Crippen molar-refractivity contribution in [2.75, 3.05) is 88.7 Å². The molecular formula is C79H123F5N12O13. The molecule has 0 aromatic carbocycles. The second-order valence-corrected chi connectivity index (χ2v) is 33.5. The van der Waals surface area contributed by atoms with Gasteiger partial charge in [0.15, 0.2) is 0 Å². The van der Waals surface area contributed by atoms with Crippen LogP contribution in [0.5, 0.6) is 0 Å². The molecule has 2 saturated heterocycles. The van der Waals surface area contributed by atoms with Crippen molar-refractivity contribution in [2.45, 2.75) is 274 Å². The maximum atomic E-state index is 15.9. The van der Waals surface area contributed by atoms with E-state index in [4.69, 9.17) is 4.74 Å². The fraction of sp³-hybridized carbons (Fsp3) is 0.797. The lowest BCUT2D eigenvalue weighted by atomic mass is 9.58. The average Bonchev–Trinajstić information content (AvgIpc) is 1.68. The summed E-state index contributed by atoms with van der Waals surface area (Å²) in [5.41, 5.74) is -2.28. The standard InChI is InChI=1S/C79H123F5N12O13/c1-14-48(4)66-74(106)90(9)45-64(99)92(11)58-30-22-19-25-37-95(73(58)105)61-40-50-33-31-49(32-34-50)26-20-17-18-21-29-57(68(100)86-66)91(10)63(98)42-60(71(103)88(7)15-2)93(12)75(107)67(52-27-23-24-28-52)94(13)76(108)78(46-77(5,6)47-78)87-69(101)59-41-53(109-16-3)43-96(59)70(102)56(85-62(97)44-89(8)72(61)104)36-35-51-38-54(80)65(55(81)39-51)79(82,83)84/h19-20,22,26,48-61,65-67H,14-18,21,23-25,27-47H2,1-13H3,(H,85,97)(H,86,100)(H,87,101)/b22-19-,26-20+/t48-,49?,50?,51?,53+,54?,55?,56-,57-,58-,59-,60-,61-,65?,66-,67-/m0/s1. The van der Waals surface area contributed by atoms with Crippen molar-refractivity contribution in [3.8, 4) is 0 Å². The van der Waals surface area contributed by atoms with Crippen molar-refractivity contribution >= 4 is 70.9 Å². The third-order valence-electron chi connectivity index (χ3n) is 25.1. The summed E-state index contributed by atoms with van der Waals surface area (Å²) in [6.45, 7) is 9.62. The minimum atomic E-state index is -5.18. The summed E-state index contributed by atoms with van der Waals surface area (Å²) in [4.78, 5) is 195. The van der Waals surface area contributed by atoms with E-state index in [-0.39, 0.29) is 83.0 Å². The SMILES string of the molecule is CCO[C@@H]1C[C@H]2C(=O)NC3(CC(C)(C)C3)C(=O)N(C)[C@@H](C3CCCC3)C(=O)N(C)[C@H](C(=O)N(C)CC)CC(=O)N(C)[C@H]3CCCC/C=C/C4CCC(CC4)C[C@@H](C(=O)N(C)CC(=O)N[C@@H](CCC4CC(F)C(C(F)(F)F)C(F)C4)C(=O)N2C1)N1CC/C=C\C[C@@H](C1=O)N(C)C(=O)CN(C)C(=O)[C@H]([C@@H](C)CC)NC3=O. The lowest BCUT2D eigenvalue weighted by molar-refractivity contribution is -0.219. The van der Waals surface area contributed by atoms with E-state index < -0.39 is 217 Å². The van der Waals surface area contributed by atoms with Crippen LogP contribution in [-0.2, 0) is 62.3 Å². The van der Waals surface area contributed by atoms with Crippen molar-refractivity contribution in [3.05, 3.63) is 24.3 Å². The van der Waals surface area contributed by atoms with Crippen LogP contribution in [0.25, 0.3) is 0 Å². The van der Waals surface area contributed by atoms with Gasteiger partial charge >= 0.3 is 6.18 Å². The number of nitrogens with one attached hydrogen (secondary N) is 3. The summed E-state index contributed by atoms with van der Waals surface area (Å²) in [5, 5.41) is 8.74. The van der Waals surface area contributed by atoms with E-state index in [2.05, 4.69) is 28.1 Å². The van der Waals surface area contributed by atoms with E-state index in [1.807, 2.05) is 26.8 Å². The van der Waals surface area contributed by atoms with Gasteiger partial charge in [-0.3, -0.25) is 57.5 Å². The van der Waals surface area contributed by atoms with Gasteiger partial charge in [-0.2, -0.15) is 13.2 Å². The molecular weight excluding hydrogens is 1420 g/mol. The summed E-state index contributed by atoms with van der Waals surface area (Å²) in [7, 11) is 10.0. The Balaban J connectivity index is 1.26. The molecule has 109 heavy (non-hydrogen) atoms. The largest absolute Gasteiger partial charge is 0.397 e. The first-order valence-corrected chi connectivity index (χ1v) is 40.0. The van der Waals surface area contributed by atoms with Crippen molar-refractivity contribution < 1.29 is 84.2 Å². The normalized spacial score (nSPS) is 33.2. The lowest BCUT2D eigenvalue weighted by Gasteiger charge is -2.54. The zero-order valence-electron chi connectivity index (χ0n) is 66.6. The number of ether oxygens (including phenoxy) is 1. The summed E-state index contributed by atoms with van der Waals surface area (Å²) >= 11 is 0. The first-order valence-electron chi connectivity index (χ1n) is 40.0. The molecule has 612 valence electrons. The first kappa shape index (κ1) is 87.3. The van der Waals surface area contributed by atoms with Crippen molar-refractivity contribution in [1.29, 1.82) is 0 Å². The number of halogens is 5. The Morgan fingerprint density at radius 1 is 0.642 bits per heavy atom. The number of carbonyl (C=O) groups excluding carboxylic acids is 12. The molecule has 0 radical (unpaired) electrons. The Bertz CT molecular complexity index is 3310. The second kappa shape index (κ2) is 37.8. The molecule has 12 atom stereocenters. The van der Waals surface area contributed by atoms with Crippen LogP contribution in [0.15, 0.2) is 24.3 Å². The molecule has 0 aromatic rings. The Kier molecular flexibility index (Phi) is 30.3. The maximum Gasteiger partial charge on any atom is 0.397 e. The molecule has 6 fully saturated rings. The minimum absolute atomic E-state index is 0.0132. The van der Waals surface area contributed by atoms with Gasteiger partial charge in [-0.15, -0.1) is 0 Å². The first-order chi connectivity index (χ1) is 51.4. The van der Waals surface area contributed by atoms with Crippen LogP contribution in [0.1, 0.15) is 196 Å². The molecule has 11 rings (SSSR count). The fourth-order valence-corrected chi connectivity index (χ4v) is 18.5. The van der Waals surface area contributed by atoms with Crippen molar-refractivity contribution in [1.82, 2.24) is 60.0 Å². The highest BCUT2D eigenvalue weighted by atomic mass is 19.4. The molecule has 1 spiro atoms. The summed E-state index contributed by atoms with van der Waals surface area (Å²) in [6, 6.07) is -10.7. The molecule has 7 aliphatic heterocycles. The highest BCUT2D eigenvalue weighted by Gasteiger charge is 2.60. The van der Waals surface area contributed by atoms with Crippen LogP contribution < -0.4 is 16.0 Å². The van der Waals surface area contributed by atoms with Crippen LogP contribution in [-0.4, -0.2) is 282 Å². The number of carbonyl (C=O) groups is 12. The molecule has 2 unspecified atom stereocenters. The molecule has 25 nitrogen and oxygen atoms in total. The lowest BCUT2D eigenvalue weighted by Crippen LogP contribution is -2.71. The van der Waals surface area contributed by atoms with Gasteiger partial charge in [0, 0.05) is 82.0 Å². The maximum absolute atomic E-state index is 15.9. The smallest absolute Gasteiger partial charge is 0.377 e. The molecule has 3 N–H and O–H groups in total. The molecule has 0 aromatic heterocycles. The van der Waals surface area contributed by atoms with E-state index >= 15 is 47.1 Å². The van der Waals surface area contributed by atoms with Crippen LogP contribution in [0, 0.1) is 40.9 Å². The fourth-order valence-electron chi connectivity index (χ4n) is 18.5. The number of allylic oxidation sites excluding steroid dienone is 2. The molecule has 4 aliphatic carbocycles. The molecule has 7 heterocycles. The summed E-state index contributed by atoms with van der Waals surface area (Å²) in [6.07, 6.45) is 1.66.